The Bertz CT molecular complexity index is 4000. The number of methoxy groups -OCH3 is 5. The van der Waals surface area contributed by atoms with Gasteiger partial charge in [-0.25, -0.2) is 9.36 Å². The number of carbonyl (C=O) groups is 1. The maximum absolute atomic E-state index is 13.3. The molecule has 0 saturated carbocycles. The summed E-state index contributed by atoms with van der Waals surface area (Å²) in [7, 11) is 8.05. The van der Waals surface area contributed by atoms with E-state index in [0.29, 0.717) is 45.6 Å². The van der Waals surface area contributed by atoms with E-state index >= 15 is 0 Å². The Morgan fingerprint density at radius 2 is 1.06 bits per heavy atom. The van der Waals surface area contributed by atoms with Gasteiger partial charge in [-0.05, 0) is 122 Å². The summed E-state index contributed by atoms with van der Waals surface area (Å²) >= 11 is -2.72. The fourth-order valence-electron chi connectivity index (χ4n) is 10.1. The van der Waals surface area contributed by atoms with Crippen LogP contribution in [-0.4, -0.2) is 136 Å². The first-order valence-electron chi connectivity index (χ1n) is 27.0. The molecule has 17 nitrogen and oxygen atoms in total. The number of thiol groups is 2. The molecule has 12 rings (SSSR count). The van der Waals surface area contributed by atoms with Gasteiger partial charge in [0.1, 0.15) is 42.7 Å². The van der Waals surface area contributed by atoms with Crippen molar-refractivity contribution in [3.8, 4) is 51.6 Å². The van der Waals surface area contributed by atoms with Crippen molar-refractivity contribution in [3.05, 3.63) is 208 Å². The van der Waals surface area contributed by atoms with Crippen molar-refractivity contribution in [1.29, 1.82) is 2.25 Å². The van der Waals surface area contributed by atoms with Crippen molar-refractivity contribution >= 4 is 74.0 Å². The van der Waals surface area contributed by atoms with Crippen molar-refractivity contribution < 1.29 is 69.9 Å². The monoisotopic (exact) mass is 1260 g/mol. The zero-order valence-electron chi connectivity index (χ0n) is 51.8. The van der Waals surface area contributed by atoms with Crippen molar-refractivity contribution in [1.82, 2.24) is 30.0 Å². The Kier molecular flexibility index (Phi) is 23.1. The Morgan fingerprint density at radius 3 is 1.58 bits per heavy atom. The Labute approximate surface area is 532 Å². The van der Waals surface area contributed by atoms with Gasteiger partial charge < -0.3 is 56.7 Å². The first-order chi connectivity index (χ1) is 41.0. The number of fused-ring (bicyclic) bond motifs is 4. The number of carbonyl (C=O) groups excluding carboxylic acids is 1. The van der Waals surface area contributed by atoms with Crippen molar-refractivity contribution in [2.75, 3.05) is 61.3 Å². The van der Waals surface area contributed by atoms with Crippen LogP contribution in [-0.2, 0) is 28.7 Å². The SMILES string of the molecule is COc1ccc(C2COc3c(ccc(-n4nnc5ccccc54)c3C)C2(O)c2ccc(C)cc2)cc1OC.COc1ccc(C2COc3c(ccc(-n4nnc5ccccc54)c3C)C2=O)cc1OC.COc1ccccc1.[2H]S(C)=O.[2H]S(C)=O.[Br-].[H-].[Mg+2]. The zero-order chi connectivity index (χ0) is 61.0. The van der Waals surface area contributed by atoms with Gasteiger partial charge in [-0.3, -0.25) is 13.2 Å². The molecule has 10 aromatic rings. The van der Waals surface area contributed by atoms with Crippen LogP contribution in [0, 0.1) is 20.8 Å². The van der Waals surface area contributed by atoms with Crippen molar-refractivity contribution in [3.63, 3.8) is 0 Å². The minimum atomic E-state index is -1.36. The molecule has 2 aliphatic heterocycles. The molecule has 85 heavy (non-hydrogen) atoms. The summed E-state index contributed by atoms with van der Waals surface area (Å²) in [5.74, 6) is 3.82. The largest absolute Gasteiger partial charge is 2.00 e. The summed E-state index contributed by atoms with van der Waals surface area (Å²) in [5.41, 5.74) is 10.4. The standard InChI is InChI=1S/C31H29N3O4.C24H21N3O4.C7H8O.2CH4OS.BrH.Mg.H/c1-19-9-12-22(13-10-19)31(35)23-14-15-26(34-27-8-6-5-7-25(27)32-33-34)20(2)30(23)38-18-24(31)21-11-16-28(36-3)29(17-21)37-4;1-14-19(27-20-7-5-4-6-18(20)25-26-27)10-9-16-23(28)17(13-31-24(14)16)15-8-11-21(29-2)22(12-15)30-3;1-8-7-5-3-2-4-6-7;2*1-3-2;;;/h5-17,24,35H,18H2,1-4H3;4-12,17H,13H2,1-3H3;2-6H,1H3;2*3H,1H3;1H;;/q;;;;;;+2;-1/p-1/i;;;2*3D;;;. The number of hydrogen-bond donors (Lipinski definition) is 3. The second kappa shape index (κ2) is 30.9. The van der Waals surface area contributed by atoms with Gasteiger partial charge in [0.25, 0.3) is 0 Å². The Balaban J connectivity index is 0.000000252. The molecule has 5 atom stereocenters. The second-order valence-electron chi connectivity index (χ2n) is 19.0. The van der Waals surface area contributed by atoms with Crippen molar-refractivity contribution in [2.45, 2.75) is 38.2 Å². The summed E-state index contributed by atoms with van der Waals surface area (Å²) < 4.78 is 73.3. The second-order valence-corrected chi connectivity index (χ2v) is 19.6. The van der Waals surface area contributed by atoms with Crippen LogP contribution >= 0.6 is 0 Å². The number of ketones is 1. The van der Waals surface area contributed by atoms with Gasteiger partial charge in [0, 0.05) is 52.3 Å². The van der Waals surface area contributed by atoms with E-state index in [1.165, 1.54) is 12.5 Å². The van der Waals surface area contributed by atoms with Gasteiger partial charge in [0.15, 0.2) is 28.8 Å². The summed E-state index contributed by atoms with van der Waals surface area (Å²) in [6.07, 6.45) is 2.61. The van der Waals surface area contributed by atoms with Gasteiger partial charge in [-0.1, -0.05) is 94.9 Å². The number of rotatable bonds is 10. The van der Waals surface area contributed by atoms with Gasteiger partial charge in [0.05, 0.1) is 82.0 Å². The third kappa shape index (κ3) is 14.2. The summed E-state index contributed by atoms with van der Waals surface area (Å²) in [6.45, 7) is 6.50. The Morgan fingerprint density at radius 1 is 0.588 bits per heavy atom. The molecular formula is C64H67BrMgN6O11S2. The quantitative estimate of drug-likeness (QED) is 0.0924. The molecule has 21 heteroatoms. The van der Waals surface area contributed by atoms with Crippen LogP contribution in [0.1, 0.15) is 62.6 Å². The van der Waals surface area contributed by atoms with E-state index in [9.17, 15) is 18.3 Å². The van der Waals surface area contributed by atoms with E-state index in [1.807, 2.05) is 183 Å². The van der Waals surface area contributed by atoms with E-state index in [0.717, 1.165) is 72.6 Å². The van der Waals surface area contributed by atoms with E-state index < -0.39 is 40.6 Å². The van der Waals surface area contributed by atoms with Crippen LogP contribution in [0.3, 0.4) is 0 Å². The van der Waals surface area contributed by atoms with Gasteiger partial charge in [-0.2, -0.15) is 0 Å². The van der Waals surface area contributed by atoms with Gasteiger partial charge >= 0.3 is 23.1 Å². The molecule has 0 radical (unpaired) electrons. The Hall–Kier alpha value is -7.66. The number of benzene rings is 8. The third-order valence-corrected chi connectivity index (χ3v) is 14.3. The van der Waals surface area contributed by atoms with Gasteiger partial charge in [0.2, 0.25) is 0 Å². The number of hydrogen-bond acceptors (Lipinski definition) is 15. The molecule has 0 saturated heterocycles. The third-order valence-electron chi connectivity index (χ3n) is 14.3. The smallest absolute Gasteiger partial charge is 1.00 e. The first kappa shape index (κ1) is 63.4. The van der Waals surface area contributed by atoms with E-state index in [-0.39, 0.29) is 60.5 Å². The zero-order valence-corrected chi connectivity index (χ0v) is 53.4. The predicted octanol–water partition coefficient (Wildman–Crippen LogP) is 7.13. The van der Waals surface area contributed by atoms with E-state index in [2.05, 4.69) is 20.6 Å². The fraction of sp³-hybridized carbons (Fsp3) is 0.234. The minimum Gasteiger partial charge on any atom is -1.00 e. The average Bonchev–Trinajstić information content (AvgIpc) is 0.990. The molecule has 2 aliphatic rings. The van der Waals surface area contributed by atoms with Crippen LogP contribution in [0.5, 0.6) is 40.2 Å². The molecule has 0 amide bonds. The van der Waals surface area contributed by atoms with Gasteiger partial charge in [-0.15, -0.1) is 10.2 Å². The van der Waals surface area contributed by atoms with E-state index in [4.69, 9.17) is 35.4 Å². The number of halogens is 1. The van der Waals surface area contributed by atoms with Crippen LogP contribution < -0.4 is 50.1 Å². The average molecular weight is 1270 g/mol. The molecule has 1 N–H and O–H groups in total. The molecular weight excluding hydrogens is 1200 g/mol. The number of aliphatic hydroxyl groups is 1. The summed E-state index contributed by atoms with van der Waals surface area (Å²) in [5, 5.41) is 30.0. The van der Waals surface area contributed by atoms with Crippen LogP contribution in [0.25, 0.3) is 33.4 Å². The number of ether oxygens (including phenoxy) is 7. The van der Waals surface area contributed by atoms with Crippen molar-refractivity contribution in [2.24, 2.45) is 0 Å². The molecule has 4 heterocycles. The molecule has 0 spiro atoms. The van der Waals surface area contributed by atoms with Crippen LogP contribution in [0.15, 0.2) is 164 Å². The maximum Gasteiger partial charge on any atom is 2.00 e. The number of para-hydroxylation sites is 3. The van der Waals surface area contributed by atoms with E-state index in [1.54, 1.807) is 46.3 Å². The van der Waals surface area contributed by atoms with Crippen LogP contribution in [0.4, 0.5) is 0 Å². The predicted molar refractivity (Wildman–Crippen MR) is 332 cm³/mol. The summed E-state index contributed by atoms with van der Waals surface area (Å²) in [4.78, 5) is 13.3. The molecule has 5 unspecified atom stereocenters. The van der Waals surface area contributed by atoms with Crippen LogP contribution in [0.2, 0.25) is 0 Å². The molecule has 0 aliphatic carbocycles. The molecule has 440 valence electrons. The number of Topliss-reactive ketones (excluding diaryl/α,β-unsaturated/α-hetero) is 1. The number of aromatic nitrogens is 6. The number of aryl methyl sites for hydroxylation is 1. The fourth-order valence-corrected chi connectivity index (χ4v) is 10.1. The first-order valence-corrected chi connectivity index (χ1v) is 28.5. The number of nitrogens with zero attached hydrogens (tertiary/aromatic N) is 6. The topological polar surface area (TPSA) is 197 Å². The minimum absolute atomic E-state index is 0. The summed E-state index contributed by atoms with van der Waals surface area (Å²) in [6, 6.07) is 52.2. The molecule has 0 bridgehead atoms. The molecule has 0 fully saturated rings. The molecule has 2 aromatic heterocycles. The normalized spacial score (nSPS) is 16.2. The maximum atomic E-state index is 13.3. The molecule has 8 aromatic carbocycles.